The van der Waals surface area contributed by atoms with Crippen LogP contribution in [-0.2, 0) is 6.54 Å². The molecule has 20 heavy (non-hydrogen) atoms. The molecule has 106 valence electrons. The van der Waals surface area contributed by atoms with Crippen molar-refractivity contribution < 1.29 is 13.5 Å². The summed E-state index contributed by atoms with van der Waals surface area (Å²) in [7, 11) is 0. The summed E-state index contributed by atoms with van der Waals surface area (Å²) < 4.78 is 32.3. The highest BCUT2D eigenvalue weighted by Crippen LogP contribution is 2.27. The molecule has 0 heterocycles. The molecule has 0 radical (unpaired) electrons. The van der Waals surface area contributed by atoms with E-state index >= 15 is 0 Å². The predicted octanol–water partition coefficient (Wildman–Crippen LogP) is 4.63. The molecule has 0 spiro atoms. The smallest absolute Gasteiger partial charge is 0.162 e. The van der Waals surface area contributed by atoms with Crippen molar-refractivity contribution in [3.8, 4) is 11.5 Å². The first kappa shape index (κ1) is 14.9. The number of nitrogens with one attached hydrogen (secondary N) is 1. The minimum Gasteiger partial charge on any atom is -0.457 e. The van der Waals surface area contributed by atoms with Gasteiger partial charge >= 0.3 is 0 Å². The molecule has 0 unspecified atom stereocenters. The fraction of sp³-hybridized carbons (Fsp3) is 0.200. The molecule has 0 aliphatic carbocycles. The molecule has 2 aromatic rings. The van der Waals surface area contributed by atoms with Crippen LogP contribution in [0.5, 0.6) is 11.5 Å². The molecule has 0 aromatic heterocycles. The number of hydrogen-bond acceptors (Lipinski definition) is 2. The van der Waals surface area contributed by atoms with Gasteiger partial charge in [-0.3, -0.25) is 0 Å². The Balaban J connectivity index is 2.13. The summed E-state index contributed by atoms with van der Waals surface area (Å²) >= 11 is 3.46. The molecule has 0 amide bonds. The second kappa shape index (κ2) is 6.81. The molecule has 0 fully saturated rings. The van der Waals surface area contributed by atoms with Crippen molar-refractivity contribution in [3.63, 3.8) is 0 Å². The van der Waals surface area contributed by atoms with Crippen LogP contribution in [0, 0.1) is 11.6 Å². The minimum absolute atomic E-state index is 0.259. The van der Waals surface area contributed by atoms with Crippen LogP contribution in [0.2, 0.25) is 0 Å². The maximum Gasteiger partial charge on any atom is 0.162 e. The van der Waals surface area contributed by atoms with Gasteiger partial charge in [0.25, 0.3) is 0 Å². The standard InChI is InChI=1S/C15H14BrF2NO/c1-2-19-9-10-3-4-11(7-13(10)16)20-12-5-6-14(17)15(18)8-12/h3-8,19H,2,9H2,1H3. The van der Waals surface area contributed by atoms with Gasteiger partial charge in [0.1, 0.15) is 11.5 Å². The van der Waals surface area contributed by atoms with Crippen molar-refractivity contribution in [1.29, 1.82) is 0 Å². The van der Waals surface area contributed by atoms with E-state index in [9.17, 15) is 8.78 Å². The Bertz CT molecular complexity index is 604. The number of rotatable bonds is 5. The average Bonchev–Trinajstić information content (AvgIpc) is 2.42. The van der Waals surface area contributed by atoms with Gasteiger partial charge in [0.15, 0.2) is 11.6 Å². The Kier molecular flexibility index (Phi) is 5.09. The minimum atomic E-state index is -0.926. The summed E-state index contributed by atoms with van der Waals surface area (Å²) in [5.74, 6) is -0.997. The zero-order valence-corrected chi connectivity index (χ0v) is 12.5. The Hall–Kier alpha value is -1.46. The number of benzene rings is 2. The zero-order valence-electron chi connectivity index (χ0n) is 10.9. The van der Waals surface area contributed by atoms with Gasteiger partial charge in [0.2, 0.25) is 0 Å². The van der Waals surface area contributed by atoms with Crippen LogP contribution in [0.3, 0.4) is 0 Å². The van der Waals surface area contributed by atoms with E-state index in [4.69, 9.17) is 4.74 Å². The van der Waals surface area contributed by atoms with Gasteiger partial charge in [-0.05, 0) is 36.4 Å². The number of halogens is 3. The van der Waals surface area contributed by atoms with Gasteiger partial charge in [-0.15, -0.1) is 0 Å². The summed E-state index contributed by atoms with van der Waals surface area (Å²) in [5, 5.41) is 3.23. The van der Waals surface area contributed by atoms with Crippen LogP contribution in [0.1, 0.15) is 12.5 Å². The van der Waals surface area contributed by atoms with Gasteiger partial charge in [0.05, 0.1) is 0 Å². The van der Waals surface area contributed by atoms with Gasteiger partial charge < -0.3 is 10.1 Å². The van der Waals surface area contributed by atoms with Crippen LogP contribution < -0.4 is 10.1 Å². The third-order valence-electron chi connectivity index (χ3n) is 2.72. The normalized spacial score (nSPS) is 10.6. The van der Waals surface area contributed by atoms with Crippen LogP contribution in [0.4, 0.5) is 8.78 Å². The first-order valence-corrected chi connectivity index (χ1v) is 7.01. The molecule has 0 atom stereocenters. The predicted molar refractivity (Wildman–Crippen MR) is 78.0 cm³/mol. The van der Waals surface area contributed by atoms with Gasteiger partial charge in [0, 0.05) is 17.1 Å². The maximum absolute atomic E-state index is 13.1. The second-order valence-electron chi connectivity index (χ2n) is 4.21. The lowest BCUT2D eigenvalue weighted by molar-refractivity contribution is 0.461. The Morgan fingerprint density at radius 1 is 1.05 bits per heavy atom. The topological polar surface area (TPSA) is 21.3 Å². The lowest BCUT2D eigenvalue weighted by atomic mass is 10.2. The molecular formula is C15H14BrF2NO. The van der Waals surface area contributed by atoms with Crippen molar-refractivity contribution in [1.82, 2.24) is 5.32 Å². The third kappa shape index (κ3) is 3.77. The Morgan fingerprint density at radius 2 is 1.75 bits per heavy atom. The van der Waals surface area contributed by atoms with E-state index in [1.165, 1.54) is 6.07 Å². The maximum atomic E-state index is 13.1. The Morgan fingerprint density at radius 3 is 2.40 bits per heavy atom. The molecule has 2 aromatic carbocycles. The summed E-state index contributed by atoms with van der Waals surface area (Å²) in [6.45, 7) is 3.68. The van der Waals surface area contributed by atoms with E-state index in [1.54, 1.807) is 12.1 Å². The summed E-state index contributed by atoms with van der Waals surface area (Å²) in [4.78, 5) is 0. The summed E-state index contributed by atoms with van der Waals surface area (Å²) in [6.07, 6.45) is 0. The molecular weight excluding hydrogens is 328 g/mol. The molecule has 0 aliphatic rings. The van der Waals surface area contributed by atoms with E-state index in [0.717, 1.165) is 35.3 Å². The first-order chi connectivity index (χ1) is 9.60. The quantitative estimate of drug-likeness (QED) is 0.856. The van der Waals surface area contributed by atoms with Gasteiger partial charge in [-0.2, -0.15) is 0 Å². The Labute approximate surface area is 124 Å². The lowest BCUT2D eigenvalue weighted by Crippen LogP contribution is -2.11. The fourth-order valence-corrected chi connectivity index (χ4v) is 2.17. The molecule has 5 heteroatoms. The fourth-order valence-electron chi connectivity index (χ4n) is 1.67. The van der Waals surface area contributed by atoms with Crippen LogP contribution in [0.25, 0.3) is 0 Å². The van der Waals surface area contributed by atoms with E-state index in [2.05, 4.69) is 21.2 Å². The molecule has 2 rings (SSSR count). The van der Waals surface area contributed by atoms with Gasteiger partial charge in [-0.1, -0.05) is 28.9 Å². The molecule has 0 aliphatic heterocycles. The van der Waals surface area contributed by atoms with Crippen molar-refractivity contribution in [2.45, 2.75) is 13.5 Å². The van der Waals surface area contributed by atoms with Crippen molar-refractivity contribution in [3.05, 3.63) is 58.1 Å². The van der Waals surface area contributed by atoms with E-state index in [1.807, 2.05) is 13.0 Å². The molecule has 0 bridgehead atoms. The highest BCUT2D eigenvalue weighted by molar-refractivity contribution is 9.10. The van der Waals surface area contributed by atoms with Crippen LogP contribution in [0.15, 0.2) is 40.9 Å². The molecule has 1 N–H and O–H groups in total. The zero-order chi connectivity index (χ0) is 14.5. The van der Waals surface area contributed by atoms with Crippen molar-refractivity contribution in [2.75, 3.05) is 6.54 Å². The summed E-state index contributed by atoms with van der Waals surface area (Å²) in [6, 6.07) is 8.96. The second-order valence-corrected chi connectivity index (χ2v) is 5.07. The van der Waals surface area contributed by atoms with E-state index < -0.39 is 11.6 Å². The highest BCUT2D eigenvalue weighted by Gasteiger charge is 2.06. The highest BCUT2D eigenvalue weighted by atomic mass is 79.9. The molecule has 0 saturated carbocycles. The first-order valence-electron chi connectivity index (χ1n) is 6.22. The average molecular weight is 342 g/mol. The monoisotopic (exact) mass is 341 g/mol. The lowest BCUT2D eigenvalue weighted by Gasteiger charge is -2.09. The third-order valence-corrected chi connectivity index (χ3v) is 3.45. The van der Waals surface area contributed by atoms with Crippen molar-refractivity contribution >= 4 is 15.9 Å². The molecule has 2 nitrogen and oxygen atoms in total. The van der Waals surface area contributed by atoms with Crippen LogP contribution in [-0.4, -0.2) is 6.54 Å². The largest absolute Gasteiger partial charge is 0.457 e. The van der Waals surface area contributed by atoms with E-state index in [-0.39, 0.29) is 5.75 Å². The molecule has 0 saturated heterocycles. The van der Waals surface area contributed by atoms with Crippen molar-refractivity contribution in [2.24, 2.45) is 0 Å². The number of hydrogen-bond donors (Lipinski definition) is 1. The summed E-state index contributed by atoms with van der Waals surface area (Å²) in [5.41, 5.74) is 1.10. The van der Waals surface area contributed by atoms with Gasteiger partial charge in [-0.25, -0.2) is 8.78 Å². The SMILES string of the molecule is CCNCc1ccc(Oc2ccc(F)c(F)c2)cc1Br. The van der Waals surface area contributed by atoms with Crippen LogP contribution >= 0.6 is 15.9 Å². The number of ether oxygens (including phenoxy) is 1. The van der Waals surface area contributed by atoms with E-state index in [0.29, 0.717) is 5.75 Å².